The van der Waals surface area contributed by atoms with E-state index in [1.807, 2.05) is 12.2 Å². The molecule has 0 aromatic carbocycles. The van der Waals surface area contributed by atoms with E-state index in [9.17, 15) is 0 Å². The van der Waals surface area contributed by atoms with Crippen molar-refractivity contribution in [3.63, 3.8) is 0 Å². The molecular formula is C6H12O3Si. The first kappa shape index (κ1) is 4.66. The summed E-state index contributed by atoms with van der Waals surface area (Å²) in [5.41, 5.74) is -0.134. The first-order chi connectivity index (χ1) is 6.29. The summed E-state index contributed by atoms with van der Waals surface area (Å²) in [5, 5.41) is 0. The van der Waals surface area contributed by atoms with Gasteiger partial charge in [0.2, 0.25) is 0 Å². The van der Waals surface area contributed by atoms with E-state index in [1.165, 1.54) is 0 Å². The second kappa shape index (κ2) is 2.83. The minimum absolute atomic E-state index is 0.134. The van der Waals surface area contributed by atoms with E-state index >= 15 is 0 Å². The van der Waals surface area contributed by atoms with Crippen molar-refractivity contribution in [1.82, 2.24) is 0 Å². The summed E-state index contributed by atoms with van der Waals surface area (Å²) >= 11 is 0. The van der Waals surface area contributed by atoms with Crippen molar-refractivity contribution in [2.24, 2.45) is 0 Å². The molecule has 0 fully saturated rings. The van der Waals surface area contributed by atoms with Gasteiger partial charge in [0.05, 0.1) is 0 Å². The molecule has 4 heteroatoms. The highest BCUT2D eigenvalue weighted by Crippen LogP contribution is 2.28. The van der Waals surface area contributed by atoms with Crippen LogP contribution in [0, 0.1) is 0 Å². The third kappa shape index (κ3) is 1.91. The number of allylic oxidation sites excluding steroid dienone is 2. The normalized spacial score (nSPS) is 30.8. The van der Waals surface area contributed by atoms with E-state index in [4.69, 9.17) is 4.29 Å². The molecule has 10 heavy (non-hydrogen) atoms. The molecule has 1 rings (SSSR count). The van der Waals surface area contributed by atoms with Crippen molar-refractivity contribution in [3.05, 3.63) is 12.2 Å². The second-order valence-electron chi connectivity index (χ2n) is 2.58. The Morgan fingerprint density at radius 1 is 1.40 bits per heavy atom. The van der Waals surface area contributed by atoms with Crippen LogP contribution in [-0.2, 0) is 0 Å². The predicted octanol–water partition coefficient (Wildman–Crippen LogP) is 0.0125. The molecule has 0 bridgehead atoms. The Kier molecular flexibility index (Phi) is 1.32. The molecule has 0 saturated heterocycles. The van der Waals surface area contributed by atoms with Gasteiger partial charge in [-0.05, 0) is 19.3 Å². The molecule has 0 aliphatic heterocycles. The van der Waals surface area contributed by atoms with Crippen LogP contribution in [-0.4, -0.2) is 27.5 Å². The SMILES string of the molecule is [3H]O[Si](O[3H])(O[3H])C1CC=CCC1. The largest absolute Gasteiger partial charge is 0.496 e. The molecular weight excluding hydrogens is 148 g/mol. The van der Waals surface area contributed by atoms with Crippen LogP contribution in [0.1, 0.15) is 19.3 Å². The average molecular weight is 166 g/mol. The van der Waals surface area contributed by atoms with E-state index in [0.29, 0.717) is 6.42 Å². The van der Waals surface area contributed by atoms with Crippen LogP contribution in [0.3, 0.4) is 0 Å². The first-order valence-electron chi connectivity index (χ1n) is 4.59. The van der Waals surface area contributed by atoms with Gasteiger partial charge in [-0.15, -0.1) is 0 Å². The maximum absolute atomic E-state index is 6.79. The van der Waals surface area contributed by atoms with Crippen molar-refractivity contribution >= 4 is 8.80 Å². The summed E-state index contributed by atoms with van der Waals surface area (Å²) in [6, 6.07) is 0. The third-order valence-electron chi connectivity index (χ3n) is 1.77. The standard InChI is InChI=1S/C6H12O3Si/c7-10(8,9)6-4-2-1-3-5-6/h1-2,6-9H,3-5H2/i7T,8T,9T. The zero-order valence-corrected chi connectivity index (χ0v) is 6.58. The van der Waals surface area contributed by atoms with Gasteiger partial charge in [0, 0.05) is 5.54 Å². The lowest BCUT2D eigenvalue weighted by Crippen LogP contribution is -2.40. The topological polar surface area (TPSA) is 60.7 Å². The molecule has 0 radical (unpaired) electrons. The van der Waals surface area contributed by atoms with Crippen molar-refractivity contribution in [2.45, 2.75) is 24.8 Å². The van der Waals surface area contributed by atoms with Gasteiger partial charge < -0.3 is 14.4 Å². The lowest BCUT2D eigenvalue weighted by atomic mass is 10.1. The van der Waals surface area contributed by atoms with Crippen molar-refractivity contribution in [3.8, 4) is 0 Å². The average Bonchev–Trinajstić information content (AvgIpc) is 2.23. The highest BCUT2D eigenvalue weighted by molar-refractivity contribution is 6.58. The molecule has 1 aliphatic carbocycles. The van der Waals surface area contributed by atoms with Gasteiger partial charge >= 0.3 is 8.80 Å². The predicted molar refractivity (Wildman–Crippen MR) is 39.2 cm³/mol. The monoisotopic (exact) mass is 166 g/mol. The number of hydrogen-bond donors (Lipinski definition) is 3. The summed E-state index contributed by atoms with van der Waals surface area (Å²) in [5.74, 6) is 0. The fourth-order valence-corrected chi connectivity index (χ4v) is 2.06. The van der Waals surface area contributed by atoms with Crippen LogP contribution < -0.4 is 0 Å². The summed E-state index contributed by atoms with van der Waals surface area (Å²) in [6.07, 6.45) is 6.22. The summed E-state index contributed by atoms with van der Waals surface area (Å²) < 4.78 is 20.4. The highest BCUT2D eigenvalue weighted by atomic mass is 28.4. The molecule has 0 amide bonds. The molecule has 3 N–H and O–H groups in total. The number of hydrogen-bond acceptors (Lipinski definition) is 3. The summed E-state index contributed by atoms with van der Waals surface area (Å²) in [6.45, 7) is 0. The molecule has 0 heterocycles. The lowest BCUT2D eigenvalue weighted by Gasteiger charge is -2.22. The Labute approximate surface area is 65.5 Å². The van der Waals surface area contributed by atoms with Gasteiger partial charge in [-0.25, -0.2) is 0 Å². The van der Waals surface area contributed by atoms with E-state index in [2.05, 4.69) is 14.4 Å². The highest BCUT2D eigenvalue weighted by Gasteiger charge is 2.38. The van der Waals surface area contributed by atoms with Gasteiger partial charge in [0.25, 0.3) is 0 Å². The van der Waals surface area contributed by atoms with Crippen molar-refractivity contribution in [1.29, 1.82) is 4.29 Å². The molecule has 0 spiro atoms. The minimum Gasteiger partial charge on any atom is -0.390 e. The van der Waals surface area contributed by atoms with E-state index < -0.39 is 8.80 Å². The third-order valence-corrected chi connectivity index (χ3v) is 3.29. The maximum atomic E-state index is 6.79. The molecule has 1 atom stereocenters. The van der Waals surface area contributed by atoms with E-state index in [-0.39, 0.29) is 5.54 Å². The summed E-state index contributed by atoms with van der Waals surface area (Å²) in [7, 11) is -3.37. The van der Waals surface area contributed by atoms with Gasteiger partial charge in [-0.1, -0.05) is 12.2 Å². The summed E-state index contributed by atoms with van der Waals surface area (Å²) in [4.78, 5) is 12.9. The molecule has 0 saturated carbocycles. The quantitative estimate of drug-likeness (QED) is 0.407. The fraction of sp³-hybridized carbons (Fsp3) is 0.667. The van der Waals surface area contributed by atoms with Gasteiger partial charge in [-0.2, -0.15) is 0 Å². The zero-order chi connectivity index (χ0) is 9.73. The molecule has 0 aromatic rings. The fourth-order valence-electron chi connectivity index (χ4n) is 1.11. The van der Waals surface area contributed by atoms with Crippen LogP contribution in [0.15, 0.2) is 12.2 Å². The Balaban J connectivity index is 2.67. The van der Waals surface area contributed by atoms with E-state index in [0.717, 1.165) is 12.8 Å². The zero-order valence-electron chi connectivity index (χ0n) is 8.58. The molecule has 3 nitrogen and oxygen atoms in total. The van der Waals surface area contributed by atoms with E-state index in [1.54, 1.807) is 0 Å². The van der Waals surface area contributed by atoms with Crippen LogP contribution >= 0.6 is 0 Å². The van der Waals surface area contributed by atoms with Gasteiger partial charge in [0.1, 0.15) is 0 Å². The molecule has 0 aromatic heterocycles. The maximum Gasteiger partial charge on any atom is 0.496 e. The van der Waals surface area contributed by atoms with Crippen molar-refractivity contribution < 1.29 is 14.4 Å². The first-order valence-corrected chi connectivity index (χ1v) is 5.17. The lowest BCUT2D eigenvalue weighted by molar-refractivity contribution is 0.206. The molecule has 1 unspecified atom stereocenters. The Bertz CT molecular complexity index is 178. The second-order valence-corrected chi connectivity index (χ2v) is 4.61. The smallest absolute Gasteiger partial charge is 0.390 e. The molecule has 1 aliphatic rings. The van der Waals surface area contributed by atoms with Crippen LogP contribution in [0.5, 0.6) is 0 Å². The number of rotatable bonds is 4. The Hall–Kier alpha value is -0.163. The van der Waals surface area contributed by atoms with Crippen LogP contribution in [0.2, 0.25) is 5.54 Å². The van der Waals surface area contributed by atoms with Crippen molar-refractivity contribution in [2.75, 3.05) is 0 Å². The minimum atomic E-state index is -3.37. The Morgan fingerprint density at radius 3 is 2.70 bits per heavy atom. The van der Waals surface area contributed by atoms with Crippen LogP contribution in [0.4, 0.5) is 0 Å². The van der Waals surface area contributed by atoms with Gasteiger partial charge in [-0.3, -0.25) is 0 Å². The van der Waals surface area contributed by atoms with Crippen LogP contribution in [0.25, 0.3) is 0 Å². The molecule has 58 valence electrons. The Morgan fingerprint density at radius 2 is 2.20 bits per heavy atom. The van der Waals surface area contributed by atoms with Gasteiger partial charge in [0.15, 0.2) is 4.29 Å².